The van der Waals surface area contributed by atoms with Gasteiger partial charge in [0, 0.05) is 5.88 Å². The summed E-state index contributed by atoms with van der Waals surface area (Å²) < 4.78 is 23.8. The summed E-state index contributed by atoms with van der Waals surface area (Å²) in [5, 5.41) is 0. The summed E-state index contributed by atoms with van der Waals surface area (Å²) in [4.78, 5) is 0. The molecule has 0 saturated heterocycles. The molecule has 1 heterocycles. The van der Waals surface area contributed by atoms with E-state index in [0.717, 1.165) is 11.3 Å². The lowest BCUT2D eigenvalue weighted by molar-refractivity contribution is 0.597. The van der Waals surface area contributed by atoms with E-state index in [4.69, 9.17) is 23.2 Å². The van der Waals surface area contributed by atoms with Gasteiger partial charge in [0.1, 0.15) is 4.21 Å². The van der Waals surface area contributed by atoms with Gasteiger partial charge in [-0.25, -0.2) is 8.42 Å². The first kappa shape index (κ1) is 11.3. The minimum Gasteiger partial charge on any atom is -0.223 e. The van der Waals surface area contributed by atoms with Crippen LogP contribution in [0.5, 0.6) is 0 Å². The molecular weight excluding hydrogens is 251 g/mol. The lowest BCUT2D eigenvalue weighted by Gasteiger charge is -1.97. The molecular formula is C7H8Cl2O2S2. The molecule has 1 aromatic rings. The molecule has 1 rings (SSSR count). The molecule has 13 heavy (non-hydrogen) atoms. The minimum absolute atomic E-state index is 0.0906. The maximum absolute atomic E-state index is 11.5. The van der Waals surface area contributed by atoms with Crippen molar-refractivity contribution in [1.82, 2.24) is 0 Å². The van der Waals surface area contributed by atoms with Gasteiger partial charge in [-0.05, 0) is 18.6 Å². The number of hydrogen-bond donors (Lipinski definition) is 0. The Morgan fingerprint density at radius 2 is 2.08 bits per heavy atom. The third-order valence-electron chi connectivity index (χ3n) is 1.40. The largest absolute Gasteiger partial charge is 0.223 e. The van der Waals surface area contributed by atoms with Crippen LogP contribution in [0.25, 0.3) is 0 Å². The van der Waals surface area contributed by atoms with E-state index in [1.54, 1.807) is 6.07 Å². The summed E-state index contributed by atoms with van der Waals surface area (Å²) >= 11 is 12.1. The van der Waals surface area contributed by atoms with E-state index in [0.29, 0.717) is 20.8 Å². The topological polar surface area (TPSA) is 34.1 Å². The Balaban J connectivity index is 2.82. The van der Waals surface area contributed by atoms with Crippen molar-refractivity contribution in [2.45, 2.75) is 10.6 Å². The second-order valence-corrected chi connectivity index (χ2v) is 6.85. The van der Waals surface area contributed by atoms with Crippen LogP contribution in [0.1, 0.15) is 6.42 Å². The van der Waals surface area contributed by atoms with E-state index in [-0.39, 0.29) is 5.75 Å². The molecule has 0 aliphatic rings. The molecule has 0 amide bonds. The van der Waals surface area contributed by atoms with E-state index in [1.165, 1.54) is 6.07 Å². The van der Waals surface area contributed by atoms with E-state index in [1.807, 2.05) is 0 Å². The smallest absolute Gasteiger partial charge is 0.187 e. The highest BCUT2D eigenvalue weighted by molar-refractivity contribution is 7.93. The van der Waals surface area contributed by atoms with Crippen molar-refractivity contribution in [2.75, 3.05) is 11.6 Å². The summed E-state index contributed by atoms with van der Waals surface area (Å²) in [6.07, 6.45) is 0.472. The first-order valence-corrected chi connectivity index (χ1v) is 6.98. The van der Waals surface area contributed by atoms with Crippen LogP contribution in [-0.2, 0) is 9.84 Å². The minimum atomic E-state index is -3.15. The number of halogens is 2. The summed E-state index contributed by atoms with van der Waals surface area (Å²) in [5.74, 6) is 0.450. The van der Waals surface area contributed by atoms with Crippen molar-refractivity contribution in [3.63, 3.8) is 0 Å². The van der Waals surface area contributed by atoms with E-state index < -0.39 is 9.84 Å². The zero-order valence-corrected chi connectivity index (χ0v) is 9.81. The SMILES string of the molecule is O=S(=O)(CCCCl)c1ccc(Cl)s1. The number of alkyl halides is 1. The zero-order chi connectivity index (χ0) is 9.90. The molecule has 2 nitrogen and oxygen atoms in total. The summed E-state index contributed by atoms with van der Waals surface area (Å²) in [7, 11) is -3.15. The van der Waals surface area contributed by atoms with Crippen LogP contribution < -0.4 is 0 Å². The van der Waals surface area contributed by atoms with Gasteiger partial charge in [-0.2, -0.15) is 0 Å². The molecule has 0 saturated carbocycles. The number of sulfone groups is 1. The summed E-state index contributed by atoms with van der Waals surface area (Å²) in [6, 6.07) is 3.11. The van der Waals surface area contributed by atoms with Crippen LogP contribution >= 0.6 is 34.5 Å². The van der Waals surface area contributed by atoms with Crippen molar-refractivity contribution in [3.05, 3.63) is 16.5 Å². The molecule has 0 unspecified atom stereocenters. The fraction of sp³-hybridized carbons (Fsp3) is 0.429. The number of rotatable bonds is 4. The van der Waals surface area contributed by atoms with Gasteiger partial charge in [0.25, 0.3) is 0 Å². The predicted octanol–water partition coefficient (Wildman–Crippen LogP) is 2.80. The number of thiophene rings is 1. The molecule has 0 radical (unpaired) electrons. The van der Waals surface area contributed by atoms with Gasteiger partial charge in [0.15, 0.2) is 9.84 Å². The van der Waals surface area contributed by atoms with Gasteiger partial charge < -0.3 is 0 Å². The molecule has 0 aliphatic carbocycles. The van der Waals surface area contributed by atoms with Gasteiger partial charge in [-0.1, -0.05) is 11.6 Å². The van der Waals surface area contributed by atoms with Crippen molar-refractivity contribution in [2.24, 2.45) is 0 Å². The Kier molecular flexibility index (Phi) is 4.04. The van der Waals surface area contributed by atoms with Crippen LogP contribution in [-0.4, -0.2) is 20.1 Å². The van der Waals surface area contributed by atoms with Crippen molar-refractivity contribution < 1.29 is 8.42 Å². The Morgan fingerprint density at radius 1 is 1.38 bits per heavy atom. The number of hydrogen-bond acceptors (Lipinski definition) is 3. The first-order valence-electron chi connectivity index (χ1n) is 3.60. The molecule has 0 N–H and O–H groups in total. The second-order valence-electron chi connectivity index (χ2n) is 2.42. The summed E-state index contributed by atoms with van der Waals surface area (Å²) in [6.45, 7) is 0. The molecule has 0 atom stereocenters. The Labute approximate surface area is 91.4 Å². The fourth-order valence-corrected chi connectivity index (χ4v) is 4.04. The highest BCUT2D eigenvalue weighted by Crippen LogP contribution is 2.26. The lowest BCUT2D eigenvalue weighted by atomic mass is 10.6. The van der Waals surface area contributed by atoms with Gasteiger partial charge in [0.05, 0.1) is 10.1 Å². The quantitative estimate of drug-likeness (QED) is 0.779. The molecule has 0 fully saturated rings. The van der Waals surface area contributed by atoms with E-state index in [9.17, 15) is 8.42 Å². The van der Waals surface area contributed by atoms with Crippen molar-refractivity contribution in [3.8, 4) is 0 Å². The van der Waals surface area contributed by atoms with Gasteiger partial charge in [-0.3, -0.25) is 0 Å². The van der Waals surface area contributed by atoms with Crippen LogP contribution in [0.2, 0.25) is 4.34 Å². The van der Waals surface area contributed by atoms with E-state index >= 15 is 0 Å². The second kappa shape index (κ2) is 4.64. The maximum atomic E-state index is 11.5. The predicted molar refractivity (Wildman–Crippen MR) is 56.7 cm³/mol. The monoisotopic (exact) mass is 258 g/mol. The van der Waals surface area contributed by atoms with E-state index in [2.05, 4.69) is 0 Å². The van der Waals surface area contributed by atoms with Crippen LogP contribution in [0.4, 0.5) is 0 Å². The normalized spacial score (nSPS) is 11.8. The zero-order valence-electron chi connectivity index (χ0n) is 6.66. The van der Waals surface area contributed by atoms with Gasteiger partial charge in [-0.15, -0.1) is 22.9 Å². The van der Waals surface area contributed by atoms with Crippen LogP contribution in [0.3, 0.4) is 0 Å². The molecule has 1 aromatic heterocycles. The standard InChI is InChI=1S/C7H8Cl2O2S2/c8-4-1-5-13(10,11)7-3-2-6(9)12-7/h2-3H,1,4-5H2. The average molecular weight is 259 g/mol. The van der Waals surface area contributed by atoms with Crippen molar-refractivity contribution >= 4 is 44.4 Å². The molecule has 74 valence electrons. The molecule has 0 spiro atoms. The highest BCUT2D eigenvalue weighted by Gasteiger charge is 2.15. The third-order valence-corrected chi connectivity index (χ3v) is 5.28. The van der Waals surface area contributed by atoms with Gasteiger partial charge in [0.2, 0.25) is 0 Å². The molecule has 6 heteroatoms. The lowest BCUT2D eigenvalue weighted by Crippen LogP contribution is -2.05. The Morgan fingerprint density at radius 3 is 2.54 bits per heavy atom. The molecule has 0 bridgehead atoms. The third kappa shape index (κ3) is 3.13. The Hall–Kier alpha value is 0.230. The summed E-state index contributed by atoms with van der Waals surface area (Å²) in [5.41, 5.74) is 0. The van der Waals surface area contributed by atoms with Gasteiger partial charge >= 0.3 is 0 Å². The average Bonchev–Trinajstić information content (AvgIpc) is 2.49. The molecule has 0 aliphatic heterocycles. The maximum Gasteiger partial charge on any atom is 0.187 e. The Bertz CT molecular complexity index is 370. The highest BCUT2D eigenvalue weighted by atomic mass is 35.5. The van der Waals surface area contributed by atoms with Crippen molar-refractivity contribution in [1.29, 1.82) is 0 Å². The van der Waals surface area contributed by atoms with Crippen LogP contribution in [0.15, 0.2) is 16.3 Å². The molecule has 0 aromatic carbocycles. The first-order chi connectivity index (χ1) is 6.06. The fourth-order valence-electron chi connectivity index (χ4n) is 0.810. The van der Waals surface area contributed by atoms with Crippen LogP contribution in [0, 0.1) is 0 Å².